The van der Waals surface area contributed by atoms with Crippen LogP contribution in [0.3, 0.4) is 0 Å². The van der Waals surface area contributed by atoms with Gasteiger partial charge in [0.1, 0.15) is 0 Å². The van der Waals surface area contributed by atoms with Crippen LogP contribution in [-0.2, 0) is 16.7 Å². The Labute approximate surface area is 187 Å². The van der Waals surface area contributed by atoms with Crippen molar-refractivity contribution in [2.75, 3.05) is 0 Å². The topological polar surface area (TPSA) is 59.8 Å². The number of hydrogen-bond acceptors (Lipinski definition) is 4. The minimum Gasteiger partial charge on any atom is -0.346 e. The largest absolute Gasteiger partial charge is 0.416 e. The van der Waals surface area contributed by atoms with E-state index in [4.69, 9.17) is 11.6 Å². The van der Waals surface area contributed by atoms with Crippen molar-refractivity contribution in [1.82, 2.24) is 20.1 Å². The minimum absolute atomic E-state index is 0.133. The van der Waals surface area contributed by atoms with E-state index in [1.165, 1.54) is 17.8 Å². The summed E-state index contributed by atoms with van der Waals surface area (Å²) >= 11 is 7.40. The van der Waals surface area contributed by atoms with Crippen molar-refractivity contribution in [2.45, 2.75) is 43.4 Å². The Morgan fingerprint density at radius 2 is 1.94 bits per heavy atom. The van der Waals surface area contributed by atoms with E-state index in [-0.39, 0.29) is 11.7 Å². The van der Waals surface area contributed by atoms with Gasteiger partial charge in [0.2, 0.25) is 5.91 Å². The van der Waals surface area contributed by atoms with Crippen molar-refractivity contribution in [3.63, 3.8) is 0 Å². The van der Waals surface area contributed by atoms with E-state index in [1.807, 2.05) is 6.07 Å². The summed E-state index contributed by atoms with van der Waals surface area (Å²) in [7, 11) is 0. The molecule has 2 aromatic carbocycles. The highest BCUT2D eigenvalue weighted by Crippen LogP contribution is 2.32. The summed E-state index contributed by atoms with van der Waals surface area (Å²) in [6, 6.07) is 11.8. The zero-order valence-electron chi connectivity index (χ0n) is 16.8. The number of thioether (sulfide) groups is 1. The molecule has 3 rings (SSSR count). The quantitative estimate of drug-likeness (QED) is 0.444. The Morgan fingerprint density at radius 1 is 1.19 bits per heavy atom. The van der Waals surface area contributed by atoms with E-state index in [0.29, 0.717) is 33.7 Å². The van der Waals surface area contributed by atoms with Crippen LogP contribution in [0.1, 0.15) is 43.3 Å². The molecule has 1 N–H and O–H groups in total. The lowest BCUT2D eigenvalue weighted by atomic mass is 10.1. The van der Waals surface area contributed by atoms with Crippen LogP contribution in [0.15, 0.2) is 53.7 Å². The Bertz CT molecular complexity index is 1070. The number of carbonyl (C=O) groups is 1. The molecule has 0 saturated heterocycles. The second-order valence-electron chi connectivity index (χ2n) is 6.79. The van der Waals surface area contributed by atoms with Crippen molar-refractivity contribution >= 4 is 29.3 Å². The maximum atomic E-state index is 13.0. The highest BCUT2D eigenvalue weighted by atomic mass is 35.5. The lowest BCUT2D eigenvalue weighted by Crippen LogP contribution is -2.27. The average molecular weight is 469 g/mol. The number of carbonyl (C=O) groups excluding carboxylic acids is 1. The second kappa shape index (κ2) is 9.74. The van der Waals surface area contributed by atoms with Crippen LogP contribution in [0.5, 0.6) is 0 Å². The van der Waals surface area contributed by atoms with E-state index >= 15 is 0 Å². The van der Waals surface area contributed by atoms with Gasteiger partial charge < -0.3 is 5.32 Å². The van der Waals surface area contributed by atoms with Gasteiger partial charge in [0.25, 0.3) is 0 Å². The van der Waals surface area contributed by atoms with Gasteiger partial charge in [-0.2, -0.15) is 13.2 Å². The molecule has 0 radical (unpaired) electrons. The summed E-state index contributed by atoms with van der Waals surface area (Å²) in [5.74, 6) is 0.625. The molecule has 0 saturated carbocycles. The summed E-state index contributed by atoms with van der Waals surface area (Å²) in [4.78, 5) is 11.8. The number of amides is 1. The molecule has 0 aliphatic rings. The minimum atomic E-state index is -4.40. The molecule has 0 aliphatic carbocycles. The van der Waals surface area contributed by atoms with Gasteiger partial charge in [0.05, 0.1) is 17.3 Å². The van der Waals surface area contributed by atoms with E-state index in [1.54, 1.807) is 42.7 Å². The molecule has 0 unspecified atom stereocenters. The first-order valence-corrected chi connectivity index (χ1v) is 10.8. The van der Waals surface area contributed by atoms with Crippen LogP contribution in [0, 0.1) is 0 Å². The SMILES string of the molecule is CCC(=O)N[C@@H](C)c1nnc(SCc2cccc(C(F)(F)F)c2)n1-c1cccc(Cl)c1. The molecule has 1 atom stereocenters. The van der Waals surface area contributed by atoms with Gasteiger partial charge in [-0.15, -0.1) is 10.2 Å². The fourth-order valence-corrected chi connectivity index (χ4v) is 3.99. The molecule has 0 aliphatic heterocycles. The molecule has 1 amide bonds. The summed E-state index contributed by atoms with van der Waals surface area (Å²) < 4.78 is 40.8. The van der Waals surface area contributed by atoms with Crippen LogP contribution >= 0.6 is 23.4 Å². The molecule has 10 heteroatoms. The first-order valence-electron chi connectivity index (χ1n) is 9.48. The smallest absolute Gasteiger partial charge is 0.346 e. The zero-order chi connectivity index (χ0) is 22.6. The third-order valence-electron chi connectivity index (χ3n) is 4.43. The summed E-state index contributed by atoms with van der Waals surface area (Å²) in [6.45, 7) is 3.54. The van der Waals surface area contributed by atoms with Crippen molar-refractivity contribution in [2.24, 2.45) is 0 Å². The predicted octanol–water partition coefficient (Wildman–Crippen LogP) is 5.82. The van der Waals surface area contributed by atoms with Crippen LogP contribution in [0.25, 0.3) is 5.69 Å². The Hall–Kier alpha value is -2.52. The summed E-state index contributed by atoms with van der Waals surface area (Å²) in [5.41, 5.74) is 0.504. The van der Waals surface area contributed by atoms with Gasteiger partial charge in [-0.3, -0.25) is 9.36 Å². The maximum Gasteiger partial charge on any atom is 0.416 e. The van der Waals surface area contributed by atoms with Gasteiger partial charge in [0.15, 0.2) is 11.0 Å². The molecule has 0 spiro atoms. The molecule has 0 bridgehead atoms. The Morgan fingerprint density at radius 3 is 2.61 bits per heavy atom. The summed E-state index contributed by atoms with van der Waals surface area (Å²) in [6.07, 6.45) is -4.08. The third-order valence-corrected chi connectivity index (χ3v) is 5.67. The fraction of sp³-hybridized carbons (Fsp3) is 0.286. The van der Waals surface area contributed by atoms with Crippen LogP contribution in [-0.4, -0.2) is 20.7 Å². The number of alkyl halides is 3. The van der Waals surface area contributed by atoms with Crippen LogP contribution < -0.4 is 5.32 Å². The van der Waals surface area contributed by atoms with E-state index in [0.717, 1.165) is 12.1 Å². The van der Waals surface area contributed by atoms with E-state index in [9.17, 15) is 18.0 Å². The molecule has 0 fully saturated rings. The second-order valence-corrected chi connectivity index (χ2v) is 8.16. The standard InChI is InChI=1S/C21H20ClF3N4OS/c1-3-18(30)26-13(2)19-27-28-20(29(19)17-9-5-8-16(22)11-17)31-12-14-6-4-7-15(10-14)21(23,24)25/h4-11,13H,3,12H2,1-2H3,(H,26,30)/t13-/m0/s1. The molecule has 164 valence electrons. The molecule has 5 nitrogen and oxygen atoms in total. The predicted molar refractivity (Wildman–Crippen MR) is 114 cm³/mol. The van der Waals surface area contributed by atoms with Crippen molar-refractivity contribution < 1.29 is 18.0 Å². The number of nitrogens with one attached hydrogen (secondary N) is 1. The number of benzene rings is 2. The number of hydrogen-bond donors (Lipinski definition) is 1. The van der Waals surface area contributed by atoms with Crippen molar-refractivity contribution in [3.05, 3.63) is 70.5 Å². The Balaban J connectivity index is 1.92. The van der Waals surface area contributed by atoms with Crippen molar-refractivity contribution in [1.29, 1.82) is 0 Å². The molecule has 1 heterocycles. The highest BCUT2D eigenvalue weighted by molar-refractivity contribution is 7.98. The van der Waals surface area contributed by atoms with Gasteiger partial charge in [-0.05, 0) is 36.8 Å². The van der Waals surface area contributed by atoms with Gasteiger partial charge in [-0.25, -0.2) is 0 Å². The number of nitrogens with zero attached hydrogens (tertiary/aromatic N) is 3. The lowest BCUT2D eigenvalue weighted by Gasteiger charge is -2.16. The van der Waals surface area contributed by atoms with E-state index in [2.05, 4.69) is 15.5 Å². The van der Waals surface area contributed by atoms with Gasteiger partial charge in [-0.1, -0.05) is 54.6 Å². The van der Waals surface area contributed by atoms with Gasteiger partial charge in [0, 0.05) is 17.2 Å². The third kappa shape index (κ3) is 5.80. The fourth-order valence-electron chi connectivity index (χ4n) is 2.91. The maximum absolute atomic E-state index is 13.0. The molecular weight excluding hydrogens is 449 g/mol. The molecule has 3 aromatic rings. The first-order chi connectivity index (χ1) is 14.7. The highest BCUT2D eigenvalue weighted by Gasteiger charge is 2.30. The summed E-state index contributed by atoms with van der Waals surface area (Å²) in [5, 5.41) is 12.3. The molecular formula is C21H20ClF3N4OS. The first kappa shape index (κ1) is 23.1. The normalized spacial score (nSPS) is 12.6. The monoisotopic (exact) mass is 468 g/mol. The number of aromatic nitrogens is 3. The van der Waals surface area contributed by atoms with E-state index < -0.39 is 17.8 Å². The number of halogens is 4. The molecule has 1 aromatic heterocycles. The molecule has 31 heavy (non-hydrogen) atoms. The van der Waals surface area contributed by atoms with Gasteiger partial charge >= 0.3 is 6.18 Å². The lowest BCUT2D eigenvalue weighted by molar-refractivity contribution is -0.137. The average Bonchev–Trinajstić information content (AvgIpc) is 3.16. The number of rotatable bonds is 7. The zero-order valence-corrected chi connectivity index (χ0v) is 18.4. The Kier molecular flexibility index (Phi) is 7.27. The van der Waals surface area contributed by atoms with Crippen LogP contribution in [0.2, 0.25) is 5.02 Å². The van der Waals surface area contributed by atoms with Crippen molar-refractivity contribution in [3.8, 4) is 5.69 Å². The van der Waals surface area contributed by atoms with Crippen LogP contribution in [0.4, 0.5) is 13.2 Å².